The molecular weight excluding hydrogens is 312 g/mol. The maximum Gasteiger partial charge on any atom is 0.262 e. The van der Waals surface area contributed by atoms with Gasteiger partial charge in [0.05, 0.1) is 12.7 Å². The Morgan fingerprint density at radius 2 is 2.22 bits per heavy atom. The van der Waals surface area contributed by atoms with Crippen molar-refractivity contribution in [2.75, 3.05) is 19.0 Å². The third kappa shape index (κ3) is 4.34. The zero-order valence-corrected chi connectivity index (χ0v) is 13.6. The van der Waals surface area contributed by atoms with E-state index in [0.29, 0.717) is 22.1 Å². The summed E-state index contributed by atoms with van der Waals surface area (Å²) in [6.07, 6.45) is 3.87. The van der Waals surface area contributed by atoms with Gasteiger partial charge in [-0.25, -0.2) is 0 Å². The van der Waals surface area contributed by atoms with Crippen molar-refractivity contribution in [2.24, 2.45) is 0 Å². The van der Waals surface area contributed by atoms with Crippen LogP contribution in [0.4, 0.5) is 5.00 Å². The van der Waals surface area contributed by atoms with Crippen molar-refractivity contribution in [1.82, 2.24) is 0 Å². The van der Waals surface area contributed by atoms with E-state index >= 15 is 0 Å². The van der Waals surface area contributed by atoms with Crippen LogP contribution in [0.15, 0.2) is 35.7 Å². The average Bonchev–Trinajstić information content (AvgIpc) is 3.00. The molecule has 23 heavy (non-hydrogen) atoms. The van der Waals surface area contributed by atoms with Crippen LogP contribution in [-0.2, 0) is 4.79 Å². The molecule has 0 atom stereocenters. The summed E-state index contributed by atoms with van der Waals surface area (Å²) in [5.41, 5.74) is 1.43. The Hall–Kier alpha value is -2.78. The monoisotopic (exact) mass is 328 g/mol. The Balaban J connectivity index is 2.00. The number of amides is 1. The second-order valence-corrected chi connectivity index (χ2v) is 5.44. The average molecular weight is 328 g/mol. The van der Waals surface area contributed by atoms with Gasteiger partial charge < -0.3 is 14.8 Å². The van der Waals surface area contributed by atoms with E-state index in [2.05, 4.69) is 5.32 Å². The summed E-state index contributed by atoms with van der Waals surface area (Å²) in [6.45, 7) is 1.77. The highest BCUT2D eigenvalue weighted by molar-refractivity contribution is 7.14. The van der Waals surface area contributed by atoms with Crippen molar-refractivity contribution in [2.45, 2.75) is 6.92 Å². The SMILES string of the molecule is C/C=C/c1ccc(OCC(=O)Nc2sccc2C#N)c(OC)c1. The smallest absolute Gasteiger partial charge is 0.262 e. The van der Waals surface area contributed by atoms with Crippen molar-refractivity contribution in [3.8, 4) is 17.6 Å². The molecule has 1 N–H and O–H groups in total. The van der Waals surface area contributed by atoms with E-state index in [0.717, 1.165) is 5.56 Å². The second-order valence-electron chi connectivity index (χ2n) is 4.52. The summed E-state index contributed by atoms with van der Waals surface area (Å²) < 4.78 is 10.8. The third-order valence-corrected chi connectivity index (χ3v) is 3.77. The molecule has 0 unspecified atom stereocenters. The summed E-state index contributed by atoms with van der Waals surface area (Å²) in [5, 5.41) is 13.9. The van der Waals surface area contributed by atoms with Gasteiger partial charge in [-0.3, -0.25) is 4.79 Å². The van der Waals surface area contributed by atoms with Crippen LogP contribution < -0.4 is 14.8 Å². The minimum atomic E-state index is -0.330. The molecule has 2 aromatic rings. The molecule has 1 aromatic heterocycles. The van der Waals surface area contributed by atoms with Crippen molar-refractivity contribution in [3.63, 3.8) is 0 Å². The van der Waals surface area contributed by atoms with Gasteiger partial charge in [0.2, 0.25) is 0 Å². The van der Waals surface area contributed by atoms with Crippen molar-refractivity contribution < 1.29 is 14.3 Å². The molecular formula is C17H16N2O3S. The minimum absolute atomic E-state index is 0.165. The Morgan fingerprint density at radius 1 is 1.39 bits per heavy atom. The first kappa shape index (κ1) is 16.6. The fraction of sp³-hybridized carbons (Fsp3) is 0.176. The number of allylic oxidation sites excluding steroid dienone is 1. The highest BCUT2D eigenvalue weighted by Gasteiger charge is 2.11. The molecule has 0 saturated carbocycles. The number of rotatable bonds is 6. The molecule has 0 aliphatic heterocycles. The largest absolute Gasteiger partial charge is 0.493 e. The number of nitriles is 1. The van der Waals surface area contributed by atoms with E-state index in [1.807, 2.05) is 37.3 Å². The first-order valence-corrected chi connectivity index (χ1v) is 7.77. The summed E-state index contributed by atoms with van der Waals surface area (Å²) in [5.74, 6) is 0.716. The molecule has 118 valence electrons. The predicted octanol–water partition coefficient (Wildman–Crippen LogP) is 3.68. The maximum absolute atomic E-state index is 11.9. The van der Waals surface area contributed by atoms with E-state index in [1.165, 1.54) is 11.3 Å². The molecule has 0 spiro atoms. The molecule has 1 amide bonds. The Morgan fingerprint density at radius 3 is 2.91 bits per heavy atom. The van der Waals surface area contributed by atoms with E-state index in [1.54, 1.807) is 24.6 Å². The van der Waals surface area contributed by atoms with Gasteiger partial charge in [0.1, 0.15) is 11.1 Å². The number of ether oxygens (including phenoxy) is 2. The lowest BCUT2D eigenvalue weighted by Gasteiger charge is -2.11. The molecule has 0 saturated heterocycles. The number of nitrogens with zero attached hydrogens (tertiary/aromatic N) is 1. The number of methoxy groups -OCH3 is 1. The van der Waals surface area contributed by atoms with Crippen molar-refractivity contribution in [3.05, 3.63) is 46.8 Å². The number of anilines is 1. The van der Waals surface area contributed by atoms with Gasteiger partial charge in [-0.15, -0.1) is 11.3 Å². The fourth-order valence-corrected chi connectivity index (χ4v) is 2.65. The quantitative estimate of drug-likeness (QED) is 0.878. The van der Waals surface area contributed by atoms with Gasteiger partial charge >= 0.3 is 0 Å². The molecule has 0 aliphatic rings. The molecule has 0 radical (unpaired) electrons. The first-order valence-electron chi connectivity index (χ1n) is 6.89. The van der Waals surface area contributed by atoms with E-state index in [9.17, 15) is 4.79 Å². The third-order valence-electron chi connectivity index (χ3n) is 2.94. The summed E-state index contributed by atoms with van der Waals surface area (Å²) in [4.78, 5) is 11.9. The van der Waals surface area contributed by atoms with Gasteiger partial charge in [-0.1, -0.05) is 18.2 Å². The Labute approximate surface area is 138 Å². The number of hydrogen-bond donors (Lipinski definition) is 1. The van der Waals surface area contributed by atoms with Crippen LogP contribution in [-0.4, -0.2) is 19.6 Å². The molecule has 6 heteroatoms. The van der Waals surface area contributed by atoms with Crippen LogP contribution in [0.3, 0.4) is 0 Å². The van der Waals surface area contributed by atoms with Crippen LogP contribution in [0.25, 0.3) is 6.08 Å². The lowest BCUT2D eigenvalue weighted by Crippen LogP contribution is -2.20. The van der Waals surface area contributed by atoms with Gasteiger partial charge in [0.25, 0.3) is 5.91 Å². The second kappa shape index (κ2) is 8.01. The predicted molar refractivity (Wildman–Crippen MR) is 90.9 cm³/mol. The van der Waals surface area contributed by atoms with Crippen LogP contribution in [0.5, 0.6) is 11.5 Å². The minimum Gasteiger partial charge on any atom is -0.493 e. The fourth-order valence-electron chi connectivity index (χ4n) is 1.90. The van der Waals surface area contributed by atoms with Crippen molar-refractivity contribution >= 4 is 28.3 Å². The number of hydrogen-bond acceptors (Lipinski definition) is 5. The van der Waals surface area contributed by atoms with Gasteiger partial charge in [-0.05, 0) is 36.1 Å². The lowest BCUT2D eigenvalue weighted by atomic mass is 10.2. The maximum atomic E-state index is 11.9. The molecule has 1 heterocycles. The van der Waals surface area contributed by atoms with Crippen LogP contribution in [0.1, 0.15) is 18.1 Å². The Kier molecular flexibility index (Phi) is 5.78. The van der Waals surface area contributed by atoms with E-state index < -0.39 is 0 Å². The molecule has 0 bridgehead atoms. The van der Waals surface area contributed by atoms with Crippen LogP contribution in [0.2, 0.25) is 0 Å². The lowest BCUT2D eigenvalue weighted by molar-refractivity contribution is -0.118. The highest BCUT2D eigenvalue weighted by Crippen LogP contribution is 2.28. The summed E-state index contributed by atoms with van der Waals surface area (Å²) >= 11 is 1.30. The number of benzene rings is 1. The van der Waals surface area contributed by atoms with Gasteiger partial charge in [-0.2, -0.15) is 5.26 Å². The van der Waals surface area contributed by atoms with Gasteiger partial charge in [0.15, 0.2) is 18.1 Å². The first-order chi connectivity index (χ1) is 11.2. The number of carbonyl (C=O) groups is 1. The highest BCUT2D eigenvalue weighted by atomic mass is 32.1. The number of nitrogens with one attached hydrogen (secondary N) is 1. The summed E-state index contributed by atoms with van der Waals surface area (Å²) in [6, 6.07) is 9.15. The standard InChI is InChI=1S/C17H16N2O3S/c1-3-4-12-5-6-14(15(9-12)21-2)22-11-16(20)19-17-13(10-18)7-8-23-17/h3-9H,11H2,1-2H3,(H,19,20)/b4-3+. The number of thiophene rings is 1. The van der Waals surface area contributed by atoms with Gasteiger partial charge in [0, 0.05) is 0 Å². The van der Waals surface area contributed by atoms with Crippen molar-refractivity contribution in [1.29, 1.82) is 5.26 Å². The molecule has 2 rings (SSSR count). The molecule has 0 fully saturated rings. The topological polar surface area (TPSA) is 71.3 Å². The van der Waals surface area contributed by atoms with E-state index in [4.69, 9.17) is 14.7 Å². The molecule has 5 nitrogen and oxygen atoms in total. The summed E-state index contributed by atoms with van der Waals surface area (Å²) in [7, 11) is 1.55. The Bertz CT molecular complexity index is 759. The number of carbonyl (C=O) groups excluding carboxylic acids is 1. The zero-order valence-electron chi connectivity index (χ0n) is 12.8. The zero-order chi connectivity index (χ0) is 16.7. The van der Waals surface area contributed by atoms with Crippen LogP contribution in [0, 0.1) is 11.3 Å². The van der Waals surface area contributed by atoms with E-state index in [-0.39, 0.29) is 12.5 Å². The normalized spacial score (nSPS) is 10.3. The molecule has 0 aliphatic carbocycles. The molecule has 1 aromatic carbocycles. The van der Waals surface area contributed by atoms with Crippen LogP contribution >= 0.6 is 11.3 Å².